The quantitative estimate of drug-likeness (QED) is 0.469. The first-order chi connectivity index (χ1) is 15.0. The number of hydrogen-bond donors (Lipinski definition) is 2. The number of aliphatic carboxylic acids is 1. The number of likely N-dealkylation sites (tertiary alicyclic amines) is 1. The van der Waals surface area contributed by atoms with Crippen LogP contribution in [0.25, 0.3) is 10.9 Å². The number of carboxylic acid groups (broad SMARTS) is 1. The molecule has 160 valence electrons. The van der Waals surface area contributed by atoms with Crippen molar-refractivity contribution in [2.45, 2.75) is 19.3 Å². The van der Waals surface area contributed by atoms with Crippen LogP contribution in [0, 0.1) is 5.92 Å². The number of ketones is 1. The van der Waals surface area contributed by atoms with Crippen molar-refractivity contribution >= 4 is 28.6 Å². The van der Waals surface area contributed by atoms with Crippen LogP contribution >= 0.6 is 0 Å². The van der Waals surface area contributed by atoms with Gasteiger partial charge in [0, 0.05) is 24.8 Å². The Morgan fingerprint density at radius 3 is 2.42 bits per heavy atom. The van der Waals surface area contributed by atoms with Gasteiger partial charge in [-0.3, -0.25) is 9.59 Å². The Labute approximate surface area is 179 Å². The second-order valence-electron chi connectivity index (χ2n) is 7.83. The lowest BCUT2D eigenvalue weighted by molar-refractivity contribution is -0.131. The fourth-order valence-corrected chi connectivity index (χ4v) is 4.33. The van der Waals surface area contributed by atoms with E-state index in [-0.39, 0.29) is 17.2 Å². The number of carboxylic acids is 1. The van der Waals surface area contributed by atoms with Crippen LogP contribution in [0.2, 0.25) is 0 Å². The molecule has 1 aliphatic heterocycles. The van der Waals surface area contributed by atoms with Gasteiger partial charge in [0.2, 0.25) is 0 Å². The van der Waals surface area contributed by atoms with Gasteiger partial charge in [-0.25, -0.2) is 4.79 Å². The van der Waals surface area contributed by atoms with E-state index in [1.165, 1.54) is 18.9 Å². The molecule has 1 amide bonds. The van der Waals surface area contributed by atoms with Gasteiger partial charge in [-0.05, 0) is 42.9 Å². The lowest BCUT2D eigenvalue weighted by Gasteiger charge is -2.32. The van der Waals surface area contributed by atoms with E-state index >= 15 is 0 Å². The molecule has 0 unspecified atom stereocenters. The summed E-state index contributed by atoms with van der Waals surface area (Å²) in [7, 11) is 1.42. The number of fused-ring (bicyclic) bond motifs is 1. The summed E-state index contributed by atoms with van der Waals surface area (Å²) in [5, 5.41) is 9.43. The van der Waals surface area contributed by atoms with Crippen molar-refractivity contribution < 1.29 is 24.2 Å². The number of nitrogens with zero attached hydrogens (tertiary/aromatic N) is 1. The summed E-state index contributed by atoms with van der Waals surface area (Å²) >= 11 is 0. The highest BCUT2D eigenvalue weighted by Crippen LogP contribution is 2.34. The number of nitrogens with one attached hydrogen (secondary N) is 1. The van der Waals surface area contributed by atoms with E-state index < -0.39 is 11.8 Å². The van der Waals surface area contributed by atoms with Crippen molar-refractivity contribution in [2.24, 2.45) is 5.92 Å². The first-order valence-electron chi connectivity index (χ1n) is 10.3. The smallest absolute Gasteiger partial charge is 0.377 e. The highest BCUT2D eigenvalue weighted by atomic mass is 16.5. The van der Waals surface area contributed by atoms with Crippen molar-refractivity contribution in [3.8, 4) is 5.75 Å². The summed E-state index contributed by atoms with van der Waals surface area (Å²) in [6.45, 7) is 1.29. The van der Waals surface area contributed by atoms with Gasteiger partial charge in [0.05, 0.1) is 23.6 Å². The van der Waals surface area contributed by atoms with Crippen LogP contribution in [0.15, 0.2) is 48.7 Å². The summed E-state index contributed by atoms with van der Waals surface area (Å²) in [6.07, 6.45) is 4.17. The standard InChI is InChI=1S/C24H24N2O5/c1-31-22-17(7-8-19-20(22)18(14-25-19)21(27)24(29)30)23(28)26-11-9-16(10-12-26)13-15-5-3-2-4-6-15/h2-8,14,16,25H,9-13H2,1H3,(H,29,30). The highest BCUT2D eigenvalue weighted by Gasteiger charge is 2.29. The molecule has 0 radical (unpaired) electrons. The monoisotopic (exact) mass is 420 g/mol. The predicted octanol–water partition coefficient (Wildman–Crippen LogP) is 3.54. The largest absolute Gasteiger partial charge is 0.495 e. The number of H-pyrrole nitrogens is 1. The zero-order chi connectivity index (χ0) is 22.0. The van der Waals surface area contributed by atoms with E-state index in [1.54, 1.807) is 17.0 Å². The number of methoxy groups -OCH3 is 1. The molecule has 0 atom stereocenters. The van der Waals surface area contributed by atoms with Gasteiger partial charge in [0.1, 0.15) is 5.75 Å². The van der Waals surface area contributed by atoms with Crippen molar-refractivity contribution in [1.82, 2.24) is 9.88 Å². The number of benzene rings is 2. The topological polar surface area (TPSA) is 99.7 Å². The highest BCUT2D eigenvalue weighted by molar-refractivity contribution is 6.42. The third kappa shape index (κ3) is 4.03. The average molecular weight is 420 g/mol. The molecule has 3 aromatic rings. The van der Waals surface area contributed by atoms with Crippen LogP contribution in [0.1, 0.15) is 39.1 Å². The molecule has 0 aliphatic carbocycles. The number of amides is 1. The lowest BCUT2D eigenvalue weighted by Crippen LogP contribution is -2.39. The Balaban J connectivity index is 1.55. The summed E-state index contributed by atoms with van der Waals surface area (Å²) in [6, 6.07) is 13.7. The van der Waals surface area contributed by atoms with Gasteiger partial charge in [-0.2, -0.15) is 0 Å². The molecule has 7 heteroatoms. The SMILES string of the molecule is COc1c(C(=O)N2CCC(Cc3ccccc3)CC2)ccc2[nH]cc(C(=O)C(=O)O)c12. The number of hydrogen-bond acceptors (Lipinski definition) is 4. The van der Waals surface area contributed by atoms with E-state index in [9.17, 15) is 14.4 Å². The first-order valence-corrected chi connectivity index (χ1v) is 10.3. The molecule has 1 saturated heterocycles. The lowest BCUT2D eigenvalue weighted by atomic mass is 9.90. The average Bonchev–Trinajstić information content (AvgIpc) is 3.22. The number of piperidine rings is 1. The number of ether oxygens (including phenoxy) is 1. The molecule has 2 aromatic carbocycles. The third-order valence-electron chi connectivity index (χ3n) is 5.94. The maximum Gasteiger partial charge on any atom is 0.377 e. The Kier molecular flexibility index (Phi) is 5.75. The fourth-order valence-electron chi connectivity index (χ4n) is 4.33. The minimum Gasteiger partial charge on any atom is -0.495 e. The van der Waals surface area contributed by atoms with Gasteiger partial charge in [0.25, 0.3) is 11.7 Å². The number of aromatic amines is 1. The summed E-state index contributed by atoms with van der Waals surface area (Å²) in [5.74, 6) is -2.03. The summed E-state index contributed by atoms with van der Waals surface area (Å²) < 4.78 is 5.49. The minimum absolute atomic E-state index is 0.0180. The molecule has 2 N–H and O–H groups in total. The second kappa shape index (κ2) is 8.63. The van der Waals surface area contributed by atoms with Crippen LogP contribution < -0.4 is 4.74 Å². The second-order valence-corrected chi connectivity index (χ2v) is 7.83. The van der Waals surface area contributed by atoms with Gasteiger partial charge >= 0.3 is 5.97 Å². The number of Topliss-reactive ketones (excluding diaryl/α,β-unsaturated/α-hetero) is 1. The van der Waals surface area contributed by atoms with E-state index in [0.717, 1.165) is 19.3 Å². The fraction of sp³-hybridized carbons (Fsp3) is 0.292. The van der Waals surface area contributed by atoms with E-state index in [2.05, 4.69) is 17.1 Å². The molecule has 0 saturated carbocycles. The van der Waals surface area contributed by atoms with Crippen LogP contribution in [-0.2, 0) is 11.2 Å². The van der Waals surface area contributed by atoms with Crippen molar-refractivity contribution in [1.29, 1.82) is 0 Å². The molecular formula is C24H24N2O5. The Morgan fingerprint density at radius 1 is 1.06 bits per heavy atom. The van der Waals surface area contributed by atoms with Gasteiger partial charge < -0.3 is 19.7 Å². The molecule has 7 nitrogen and oxygen atoms in total. The zero-order valence-corrected chi connectivity index (χ0v) is 17.3. The van der Waals surface area contributed by atoms with Crippen LogP contribution in [0.4, 0.5) is 0 Å². The van der Waals surface area contributed by atoms with Gasteiger partial charge in [-0.15, -0.1) is 0 Å². The summed E-state index contributed by atoms with van der Waals surface area (Å²) in [4.78, 5) is 41.2. The molecule has 4 rings (SSSR count). The molecule has 0 spiro atoms. The Hall–Kier alpha value is -3.61. The van der Waals surface area contributed by atoms with Gasteiger partial charge in [-0.1, -0.05) is 30.3 Å². The number of carbonyl (C=O) groups excluding carboxylic acids is 2. The molecule has 31 heavy (non-hydrogen) atoms. The van der Waals surface area contributed by atoms with E-state index in [1.807, 2.05) is 18.2 Å². The van der Waals surface area contributed by atoms with Crippen molar-refractivity contribution in [3.05, 3.63) is 65.4 Å². The third-order valence-corrected chi connectivity index (χ3v) is 5.94. The minimum atomic E-state index is -1.56. The first kappa shape index (κ1) is 20.7. The predicted molar refractivity (Wildman–Crippen MR) is 116 cm³/mol. The van der Waals surface area contributed by atoms with Crippen LogP contribution in [0.3, 0.4) is 0 Å². The van der Waals surface area contributed by atoms with Gasteiger partial charge in [0.15, 0.2) is 0 Å². The Morgan fingerprint density at radius 2 is 1.77 bits per heavy atom. The molecule has 1 aromatic heterocycles. The number of rotatable bonds is 6. The molecular weight excluding hydrogens is 396 g/mol. The normalized spacial score (nSPS) is 14.5. The maximum atomic E-state index is 13.3. The van der Waals surface area contributed by atoms with Crippen molar-refractivity contribution in [2.75, 3.05) is 20.2 Å². The van der Waals surface area contributed by atoms with Crippen LogP contribution in [-0.4, -0.2) is 52.8 Å². The zero-order valence-electron chi connectivity index (χ0n) is 17.3. The Bertz CT molecular complexity index is 1130. The maximum absolute atomic E-state index is 13.3. The number of aromatic nitrogens is 1. The molecule has 1 fully saturated rings. The number of carbonyl (C=O) groups is 3. The van der Waals surface area contributed by atoms with Crippen LogP contribution in [0.5, 0.6) is 5.75 Å². The molecule has 1 aliphatic rings. The molecule has 2 heterocycles. The molecule has 0 bridgehead atoms. The van der Waals surface area contributed by atoms with E-state index in [4.69, 9.17) is 9.84 Å². The summed E-state index contributed by atoms with van der Waals surface area (Å²) in [5.41, 5.74) is 2.16. The van der Waals surface area contributed by atoms with E-state index in [0.29, 0.717) is 35.5 Å². The van der Waals surface area contributed by atoms with Crippen molar-refractivity contribution in [3.63, 3.8) is 0 Å².